The Hall–Kier alpha value is -2.84. The van der Waals surface area contributed by atoms with Gasteiger partial charge in [-0.2, -0.15) is 5.10 Å². The zero-order valence-electron chi connectivity index (χ0n) is 14.1. The number of thiazole rings is 2. The molecule has 0 spiro atoms. The van der Waals surface area contributed by atoms with Crippen LogP contribution in [0.4, 0.5) is 5.69 Å². The van der Waals surface area contributed by atoms with Crippen molar-refractivity contribution in [3.05, 3.63) is 58.2 Å². The fourth-order valence-electron chi connectivity index (χ4n) is 2.46. The highest BCUT2D eigenvalue weighted by Crippen LogP contribution is 2.30. The van der Waals surface area contributed by atoms with Crippen molar-refractivity contribution in [2.45, 2.75) is 13.8 Å². The largest absolute Gasteiger partial charge is 0.318 e. The molecule has 0 fully saturated rings. The second-order valence-corrected chi connectivity index (χ2v) is 7.70. The van der Waals surface area contributed by atoms with Crippen molar-refractivity contribution in [3.63, 3.8) is 0 Å². The summed E-state index contributed by atoms with van der Waals surface area (Å²) >= 11 is 2.85. The van der Waals surface area contributed by atoms with Gasteiger partial charge in [-0.15, -0.1) is 22.7 Å². The van der Waals surface area contributed by atoms with E-state index in [4.69, 9.17) is 0 Å². The van der Waals surface area contributed by atoms with Crippen molar-refractivity contribution >= 4 is 34.3 Å². The van der Waals surface area contributed by atoms with Gasteiger partial charge in [-0.3, -0.25) is 9.89 Å². The molecule has 0 atom stereocenters. The number of aryl methyl sites for hydroxylation is 2. The summed E-state index contributed by atoms with van der Waals surface area (Å²) < 4.78 is 0. The summed E-state index contributed by atoms with van der Waals surface area (Å²) in [5.41, 5.74) is 4.76. The molecule has 0 saturated carbocycles. The number of benzene rings is 1. The highest BCUT2D eigenvalue weighted by atomic mass is 32.1. The lowest BCUT2D eigenvalue weighted by atomic mass is 10.1. The Kier molecular flexibility index (Phi) is 4.36. The van der Waals surface area contributed by atoms with Gasteiger partial charge in [0.2, 0.25) is 0 Å². The minimum absolute atomic E-state index is 0.211. The average molecular weight is 381 g/mol. The fraction of sp³-hybridized carbons (Fsp3) is 0.111. The van der Waals surface area contributed by atoms with Crippen LogP contribution in [-0.4, -0.2) is 26.1 Å². The monoisotopic (exact) mass is 381 g/mol. The molecule has 3 heterocycles. The maximum absolute atomic E-state index is 12.6. The predicted octanol–water partition coefficient (Wildman–Crippen LogP) is 4.53. The van der Waals surface area contributed by atoms with E-state index in [2.05, 4.69) is 51.5 Å². The first-order valence-corrected chi connectivity index (χ1v) is 9.59. The molecule has 4 rings (SSSR count). The second kappa shape index (κ2) is 6.81. The lowest BCUT2D eigenvalue weighted by molar-refractivity contribution is 0.103. The molecule has 8 heteroatoms. The molecule has 0 aliphatic carbocycles. The third-order valence-corrected chi connectivity index (χ3v) is 5.85. The molecule has 0 unspecified atom stereocenters. The number of aromatic amines is 1. The van der Waals surface area contributed by atoms with E-state index in [1.807, 2.05) is 11.4 Å². The van der Waals surface area contributed by atoms with E-state index in [1.54, 1.807) is 18.6 Å². The van der Waals surface area contributed by atoms with Gasteiger partial charge in [0, 0.05) is 17.1 Å². The summed E-state index contributed by atoms with van der Waals surface area (Å²) in [6, 6.07) is 6.18. The molecule has 6 nitrogen and oxygen atoms in total. The zero-order chi connectivity index (χ0) is 18.1. The van der Waals surface area contributed by atoms with Gasteiger partial charge in [0.1, 0.15) is 20.6 Å². The molecular weight excluding hydrogens is 366 g/mol. The highest BCUT2D eigenvalue weighted by molar-refractivity contribution is 7.17. The standard InChI is InChI=1S/C18H15N5OS2/c1-10-3-4-12(7-11(10)2)17-20-9-14(26-17)16(24)22-13-8-21-23-15(13)18-19-5-6-25-18/h3-9H,1-2H3,(H,21,23)(H,22,24). The molecule has 26 heavy (non-hydrogen) atoms. The average Bonchev–Trinajstić information content (AvgIpc) is 3.38. The van der Waals surface area contributed by atoms with Crippen LogP contribution >= 0.6 is 22.7 Å². The number of rotatable bonds is 4. The van der Waals surface area contributed by atoms with Gasteiger partial charge in [0.25, 0.3) is 5.91 Å². The van der Waals surface area contributed by atoms with Crippen molar-refractivity contribution in [2.75, 3.05) is 5.32 Å². The van der Waals surface area contributed by atoms with Gasteiger partial charge in [-0.25, -0.2) is 9.97 Å². The number of hydrogen-bond donors (Lipinski definition) is 2. The molecule has 0 saturated heterocycles. The van der Waals surface area contributed by atoms with Crippen LogP contribution in [0.2, 0.25) is 0 Å². The first-order valence-electron chi connectivity index (χ1n) is 7.90. The molecular formula is C18H15N5OS2. The Morgan fingerprint density at radius 3 is 2.77 bits per heavy atom. The number of amides is 1. The topological polar surface area (TPSA) is 83.6 Å². The number of nitrogens with zero attached hydrogens (tertiary/aromatic N) is 3. The Bertz CT molecular complexity index is 1070. The molecule has 130 valence electrons. The number of H-pyrrole nitrogens is 1. The Balaban J connectivity index is 1.56. The van der Waals surface area contributed by atoms with E-state index in [0.717, 1.165) is 15.6 Å². The normalized spacial score (nSPS) is 10.8. The van der Waals surface area contributed by atoms with Crippen molar-refractivity contribution in [2.24, 2.45) is 0 Å². The number of nitrogens with one attached hydrogen (secondary N) is 2. The Morgan fingerprint density at radius 2 is 2.00 bits per heavy atom. The summed E-state index contributed by atoms with van der Waals surface area (Å²) in [6.45, 7) is 4.14. The van der Waals surface area contributed by atoms with Crippen LogP contribution in [0.25, 0.3) is 21.3 Å². The van der Waals surface area contributed by atoms with Gasteiger partial charge in [0.15, 0.2) is 0 Å². The summed E-state index contributed by atoms with van der Waals surface area (Å²) in [5.74, 6) is -0.211. The van der Waals surface area contributed by atoms with Crippen LogP contribution in [0.3, 0.4) is 0 Å². The molecule has 0 radical (unpaired) electrons. The Morgan fingerprint density at radius 1 is 1.12 bits per heavy atom. The minimum atomic E-state index is -0.211. The smallest absolute Gasteiger partial charge is 0.267 e. The summed E-state index contributed by atoms with van der Waals surface area (Å²) in [6.07, 6.45) is 4.90. The first-order chi connectivity index (χ1) is 12.6. The molecule has 0 aliphatic heterocycles. The molecule has 1 amide bonds. The van der Waals surface area contributed by atoms with Gasteiger partial charge in [-0.05, 0) is 31.0 Å². The van der Waals surface area contributed by atoms with Crippen LogP contribution in [0.5, 0.6) is 0 Å². The lowest BCUT2D eigenvalue weighted by Gasteiger charge is -2.03. The minimum Gasteiger partial charge on any atom is -0.318 e. The van der Waals surface area contributed by atoms with Gasteiger partial charge in [0.05, 0.1) is 18.1 Å². The summed E-state index contributed by atoms with van der Waals surface area (Å²) in [5, 5.41) is 13.2. The van der Waals surface area contributed by atoms with Crippen LogP contribution in [0.15, 0.2) is 42.2 Å². The summed E-state index contributed by atoms with van der Waals surface area (Å²) in [4.78, 5) is 21.8. The quantitative estimate of drug-likeness (QED) is 0.544. The number of carbonyl (C=O) groups is 1. The van der Waals surface area contributed by atoms with E-state index in [9.17, 15) is 4.79 Å². The highest BCUT2D eigenvalue weighted by Gasteiger charge is 2.16. The van der Waals surface area contributed by atoms with E-state index >= 15 is 0 Å². The fourth-order valence-corrected chi connectivity index (χ4v) is 3.92. The van der Waals surface area contributed by atoms with Gasteiger partial charge >= 0.3 is 0 Å². The molecule has 0 aliphatic rings. The van der Waals surface area contributed by atoms with E-state index in [1.165, 1.54) is 33.8 Å². The van der Waals surface area contributed by atoms with Crippen molar-refractivity contribution in [3.8, 4) is 21.3 Å². The van der Waals surface area contributed by atoms with E-state index in [-0.39, 0.29) is 5.91 Å². The zero-order valence-corrected chi connectivity index (χ0v) is 15.7. The Labute approximate surface area is 158 Å². The van der Waals surface area contributed by atoms with Gasteiger partial charge in [-0.1, -0.05) is 12.1 Å². The van der Waals surface area contributed by atoms with Crippen LogP contribution < -0.4 is 5.32 Å². The molecule has 4 aromatic rings. The van der Waals surface area contributed by atoms with E-state index in [0.29, 0.717) is 16.3 Å². The maximum atomic E-state index is 12.6. The SMILES string of the molecule is Cc1ccc(-c2ncc(C(=O)Nc3cn[nH]c3-c3nccs3)s2)cc1C. The van der Waals surface area contributed by atoms with Gasteiger partial charge < -0.3 is 5.32 Å². The first kappa shape index (κ1) is 16.6. The van der Waals surface area contributed by atoms with E-state index < -0.39 is 0 Å². The molecule has 2 N–H and O–H groups in total. The van der Waals surface area contributed by atoms with Crippen molar-refractivity contribution in [1.82, 2.24) is 20.2 Å². The predicted molar refractivity (Wildman–Crippen MR) is 105 cm³/mol. The molecule has 1 aromatic carbocycles. The number of aromatic nitrogens is 4. The number of anilines is 1. The third-order valence-electron chi connectivity index (χ3n) is 4.02. The number of carbonyl (C=O) groups excluding carboxylic acids is 1. The number of hydrogen-bond acceptors (Lipinski definition) is 6. The summed E-state index contributed by atoms with van der Waals surface area (Å²) in [7, 11) is 0. The molecule has 3 aromatic heterocycles. The molecule has 0 bridgehead atoms. The van der Waals surface area contributed by atoms with Crippen LogP contribution in [0, 0.1) is 13.8 Å². The van der Waals surface area contributed by atoms with Crippen LogP contribution in [0.1, 0.15) is 20.8 Å². The third kappa shape index (κ3) is 3.16. The van der Waals surface area contributed by atoms with Crippen LogP contribution in [-0.2, 0) is 0 Å². The van der Waals surface area contributed by atoms with Crippen molar-refractivity contribution in [1.29, 1.82) is 0 Å². The van der Waals surface area contributed by atoms with Crippen molar-refractivity contribution < 1.29 is 4.79 Å². The second-order valence-electron chi connectivity index (χ2n) is 5.78. The lowest BCUT2D eigenvalue weighted by Crippen LogP contribution is -2.10. The maximum Gasteiger partial charge on any atom is 0.267 e.